The summed E-state index contributed by atoms with van der Waals surface area (Å²) < 4.78 is 8.69. The maximum Gasteiger partial charge on any atom is 0.227 e. The number of ether oxygens (including phenoxy) is 1. The third-order valence-electron chi connectivity index (χ3n) is 6.36. The Hall–Kier alpha value is -3.22. The molecule has 0 aliphatic carbocycles. The van der Waals surface area contributed by atoms with E-state index in [9.17, 15) is 0 Å². The largest absolute Gasteiger partial charge is 0.480 e. The molecular weight excluding hydrogens is 464 g/mol. The van der Waals surface area contributed by atoms with E-state index in [1.807, 2.05) is 41.3 Å². The van der Waals surface area contributed by atoms with Gasteiger partial charge in [-0.1, -0.05) is 77.0 Å². The van der Waals surface area contributed by atoms with Gasteiger partial charge < -0.3 is 10.1 Å². The van der Waals surface area contributed by atoms with Crippen molar-refractivity contribution in [1.82, 2.24) is 14.8 Å². The van der Waals surface area contributed by atoms with Crippen molar-refractivity contribution in [3.8, 4) is 5.75 Å². The van der Waals surface area contributed by atoms with E-state index in [4.69, 9.17) is 26.4 Å². The van der Waals surface area contributed by atoms with E-state index in [0.29, 0.717) is 5.02 Å². The molecule has 3 aromatic carbocycles. The Morgan fingerprint density at radius 2 is 1.65 bits per heavy atom. The molecule has 3 heterocycles. The second kappa shape index (κ2) is 8.22. The van der Waals surface area contributed by atoms with Crippen molar-refractivity contribution in [2.45, 2.75) is 31.1 Å². The highest BCUT2D eigenvalue weighted by Crippen LogP contribution is 2.51. The zero-order valence-corrected chi connectivity index (χ0v) is 20.6. The van der Waals surface area contributed by atoms with Crippen molar-refractivity contribution < 1.29 is 4.74 Å². The fourth-order valence-electron chi connectivity index (χ4n) is 4.69. The first-order valence-electron chi connectivity index (χ1n) is 11.1. The summed E-state index contributed by atoms with van der Waals surface area (Å²) in [6, 6.07) is 22.6. The lowest BCUT2D eigenvalue weighted by Crippen LogP contribution is -2.32. The minimum absolute atomic E-state index is 0.172. The van der Waals surface area contributed by atoms with Gasteiger partial charge in [0.1, 0.15) is 17.9 Å². The lowest BCUT2D eigenvalue weighted by Gasteiger charge is -2.39. The molecule has 4 aromatic rings. The molecule has 170 valence electrons. The van der Waals surface area contributed by atoms with E-state index in [-0.39, 0.29) is 12.1 Å². The molecular formula is C27H23ClN4OS. The molecule has 2 aliphatic rings. The SMILES string of the molecule is CSc1nc2n(n1)[C@H](c1ccc(C)cc1)C1=C(N2)c2cc(C)ccc2O[C@@H]1c1ccc(Cl)cc1. The number of hydrogen-bond acceptors (Lipinski definition) is 5. The molecule has 6 rings (SSSR count). The summed E-state index contributed by atoms with van der Waals surface area (Å²) in [4.78, 5) is 4.77. The van der Waals surface area contributed by atoms with E-state index in [2.05, 4.69) is 55.6 Å². The molecule has 0 spiro atoms. The van der Waals surface area contributed by atoms with Gasteiger partial charge in [0, 0.05) is 16.2 Å². The van der Waals surface area contributed by atoms with Crippen molar-refractivity contribution in [2.75, 3.05) is 11.6 Å². The number of hydrogen-bond donors (Lipinski definition) is 1. The third-order valence-corrected chi connectivity index (χ3v) is 7.15. The Kier molecular flexibility index (Phi) is 5.15. The average molecular weight is 487 g/mol. The lowest BCUT2D eigenvalue weighted by molar-refractivity contribution is 0.223. The van der Waals surface area contributed by atoms with Crippen LogP contribution in [0.4, 0.5) is 5.95 Å². The van der Waals surface area contributed by atoms with Crippen LogP contribution < -0.4 is 10.1 Å². The van der Waals surface area contributed by atoms with Crippen LogP contribution in [-0.4, -0.2) is 21.0 Å². The number of aryl methyl sites for hydroxylation is 2. The Balaban J connectivity index is 1.63. The monoisotopic (exact) mass is 486 g/mol. The standard InChI is InChI=1S/C27H23ClN4OS/c1-15-4-7-17(8-5-15)24-22-23(29-26-30-27(34-3)31-32(24)26)20-14-16(2)6-13-21(20)33-25(22)18-9-11-19(28)12-10-18/h4-14,24-25H,1-3H3,(H,29,30,31)/t24-,25-/m1/s1. The van der Waals surface area contributed by atoms with E-state index in [0.717, 1.165) is 44.8 Å². The molecule has 7 heteroatoms. The molecule has 0 amide bonds. The zero-order chi connectivity index (χ0) is 23.4. The lowest BCUT2D eigenvalue weighted by atomic mass is 9.84. The number of rotatable bonds is 3. The molecule has 2 aliphatic heterocycles. The van der Waals surface area contributed by atoms with Gasteiger partial charge in [-0.15, -0.1) is 5.10 Å². The summed E-state index contributed by atoms with van der Waals surface area (Å²) in [6.07, 6.45) is 1.68. The Morgan fingerprint density at radius 3 is 2.38 bits per heavy atom. The zero-order valence-electron chi connectivity index (χ0n) is 19.0. The first-order valence-corrected chi connectivity index (χ1v) is 12.7. The van der Waals surface area contributed by atoms with Gasteiger partial charge in [0.25, 0.3) is 0 Å². The molecule has 1 aromatic heterocycles. The van der Waals surface area contributed by atoms with Crippen LogP contribution in [0.25, 0.3) is 5.70 Å². The number of nitrogens with zero attached hydrogens (tertiary/aromatic N) is 3. The summed E-state index contributed by atoms with van der Waals surface area (Å²) in [7, 11) is 0. The number of anilines is 1. The normalized spacial score (nSPS) is 18.5. The summed E-state index contributed by atoms with van der Waals surface area (Å²) in [5.41, 5.74) is 7.73. The first-order chi connectivity index (χ1) is 16.5. The maximum absolute atomic E-state index is 6.70. The molecule has 0 saturated heterocycles. The van der Waals surface area contributed by atoms with Crippen LogP contribution in [-0.2, 0) is 0 Å². The van der Waals surface area contributed by atoms with E-state index in [1.54, 1.807) is 0 Å². The molecule has 0 bridgehead atoms. The summed E-state index contributed by atoms with van der Waals surface area (Å²) in [5.74, 6) is 1.58. The van der Waals surface area contributed by atoms with Crippen molar-refractivity contribution in [2.24, 2.45) is 0 Å². The van der Waals surface area contributed by atoms with Gasteiger partial charge in [0.15, 0.2) is 0 Å². The molecule has 1 N–H and O–H groups in total. The highest BCUT2D eigenvalue weighted by molar-refractivity contribution is 7.98. The van der Waals surface area contributed by atoms with Gasteiger partial charge in [-0.2, -0.15) is 4.98 Å². The fraction of sp³-hybridized carbons (Fsp3) is 0.185. The smallest absolute Gasteiger partial charge is 0.227 e. The molecule has 34 heavy (non-hydrogen) atoms. The Morgan fingerprint density at radius 1 is 0.941 bits per heavy atom. The number of nitrogens with one attached hydrogen (secondary N) is 1. The van der Waals surface area contributed by atoms with Gasteiger partial charge in [-0.25, -0.2) is 4.68 Å². The van der Waals surface area contributed by atoms with Crippen LogP contribution in [0.2, 0.25) is 5.02 Å². The third kappa shape index (κ3) is 3.49. The van der Waals surface area contributed by atoms with Gasteiger partial charge in [-0.3, -0.25) is 0 Å². The van der Waals surface area contributed by atoms with Crippen LogP contribution in [0.15, 0.2) is 77.5 Å². The van der Waals surface area contributed by atoms with Crippen LogP contribution in [0.1, 0.15) is 40.0 Å². The van der Waals surface area contributed by atoms with E-state index in [1.165, 1.54) is 22.9 Å². The van der Waals surface area contributed by atoms with Crippen molar-refractivity contribution in [3.05, 3.63) is 105 Å². The van der Waals surface area contributed by atoms with Crippen LogP contribution in [0.5, 0.6) is 5.75 Å². The molecule has 0 fully saturated rings. The van der Waals surface area contributed by atoms with E-state index >= 15 is 0 Å². The summed E-state index contributed by atoms with van der Waals surface area (Å²) in [5, 5.41) is 9.89. The van der Waals surface area contributed by atoms with Gasteiger partial charge >= 0.3 is 0 Å². The average Bonchev–Trinajstić information content (AvgIpc) is 3.27. The molecule has 0 unspecified atom stereocenters. The van der Waals surface area contributed by atoms with Crippen molar-refractivity contribution in [3.63, 3.8) is 0 Å². The minimum Gasteiger partial charge on any atom is -0.480 e. The second-order valence-electron chi connectivity index (χ2n) is 8.68. The quantitative estimate of drug-likeness (QED) is 0.321. The molecule has 0 radical (unpaired) electrons. The van der Waals surface area contributed by atoms with Gasteiger partial charge in [-0.05, 0) is 55.5 Å². The van der Waals surface area contributed by atoms with Gasteiger partial charge in [0.05, 0.1) is 5.70 Å². The summed E-state index contributed by atoms with van der Waals surface area (Å²) in [6.45, 7) is 4.20. The fourth-order valence-corrected chi connectivity index (χ4v) is 5.17. The van der Waals surface area contributed by atoms with Crippen LogP contribution >= 0.6 is 23.4 Å². The predicted octanol–water partition coefficient (Wildman–Crippen LogP) is 6.83. The maximum atomic E-state index is 6.70. The first kappa shape index (κ1) is 21.3. The number of halogens is 1. The molecule has 0 saturated carbocycles. The number of thioether (sulfide) groups is 1. The Labute approximate surface area is 207 Å². The highest BCUT2D eigenvalue weighted by atomic mass is 35.5. The molecule has 2 atom stereocenters. The Bertz CT molecular complexity index is 1430. The molecule has 5 nitrogen and oxygen atoms in total. The number of aromatic nitrogens is 3. The minimum atomic E-state index is -0.309. The topological polar surface area (TPSA) is 52.0 Å². The number of fused-ring (bicyclic) bond motifs is 3. The summed E-state index contributed by atoms with van der Waals surface area (Å²) >= 11 is 7.76. The second-order valence-corrected chi connectivity index (χ2v) is 9.89. The van der Waals surface area contributed by atoms with Crippen molar-refractivity contribution in [1.29, 1.82) is 0 Å². The van der Waals surface area contributed by atoms with Gasteiger partial charge in [0.2, 0.25) is 11.1 Å². The predicted molar refractivity (Wildman–Crippen MR) is 138 cm³/mol. The highest BCUT2D eigenvalue weighted by Gasteiger charge is 2.41. The van der Waals surface area contributed by atoms with Crippen LogP contribution in [0.3, 0.4) is 0 Å². The van der Waals surface area contributed by atoms with Crippen LogP contribution in [0, 0.1) is 13.8 Å². The van der Waals surface area contributed by atoms with E-state index < -0.39 is 0 Å². The van der Waals surface area contributed by atoms with Crippen molar-refractivity contribution >= 4 is 35.0 Å². The number of benzene rings is 3.